The van der Waals surface area contributed by atoms with Crippen LogP contribution in [-0.2, 0) is 0 Å². The molecule has 5 aromatic heterocycles. The molecule has 0 aliphatic rings. The van der Waals surface area contributed by atoms with Gasteiger partial charge in [-0.05, 0) is 53.9 Å². The molecule has 0 bridgehead atoms. The Kier molecular flexibility index (Phi) is 7.62. The molecule has 0 saturated carbocycles. The summed E-state index contributed by atoms with van der Waals surface area (Å²) in [5.74, 6) is 0. The number of nitrogens with zero attached hydrogens (tertiary/aromatic N) is 5. The molecule has 0 fully saturated rings. The Labute approximate surface area is 369 Å². The van der Waals surface area contributed by atoms with Crippen LogP contribution in [0.15, 0.2) is 170 Å². The van der Waals surface area contributed by atoms with Crippen molar-refractivity contribution in [2.45, 2.75) is 6.92 Å². The molecule has 0 aliphatic carbocycles. The average Bonchev–Trinajstić information content (AvgIpc) is 4.09. The Morgan fingerprint density at radius 2 is 1.11 bits per heavy atom. The molecule has 0 aliphatic heterocycles. The van der Waals surface area contributed by atoms with E-state index in [1.165, 1.54) is 30.9 Å². The lowest BCUT2D eigenvalue weighted by atomic mass is 9.87. The van der Waals surface area contributed by atoms with Gasteiger partial charge in [-0.1, -0.05) is 133 Å². The van der Waals surface area contributed by atoms with Crippen LogP contribution >= 0.6 is 22.7 Å². The van der Waals surface area contributed by atoms with E-state index in [-0.39, 0.29) is 0 Å². The van der Waals surface area contributed by atoms with Gasteiger partial charge < -0.3 is 9.13 Å². The maximum Gasteiger partial charge on any atom is 0.220 e. The SMILES string of the molecule is [C-]#[N+]c1c(-c2ccccc2C)c(C#N)c(-n2c3ccccc3c3ncccc32)c(-c2ccccc2)c1-n1c2c(ccc3c4ccccc4sc32)c2ccc3c4ccccc4sc3c21. The topological polar surface area (TPSA) is 50.9 Å². The van der Waals surface area contributed by atoms with Crippen molar-refractivity contribution in [1.29, 1.82) is 5.26 Å². The molecule has 13 aromatic rings. The minimum absolute atomic E-state index is 0.428. The molecule has 0 radical (unpaired) electrons. The second-order valence-electron chi connectivity index (χ2n) is 16.0. The zero-order valence-corrected chi connectivity index (χ0v) is 35.4. The van der Waals surface area contributed by atoms with Gasteiger partial charge in [0.25, 0.3) is 0 Å². The molecule has 13 rings (SSSR count). The van der Waals surface area contributed by atoms with Gasteiger partial charge in [0.1, 0.15) is 6.07 Å². The molecule has 0 unspecified atom stereocenters. The van der Waals surface area contributed by atoms with Crippen molar-refractivity contribution in [2.75, 3.05) is 0 Å². The van der Waals surface area contributed by atoms with Gasteiger partial charge >= 0.3 is 0 Å². The van der Waals surface area contributed by atoms with E-state index in [0.717, 1.165) is 81.1 Å². The summed E-state index contributed by atoms with van der Waals surface area (Å²) >= 11 is 3.59. The molecular weight excluding hydrogens is 807 g/mol. The highest BCUT2D eigenvalue weighted by Gasteiger charge is 2.33. The molecular formula is C56H31N5S2. The van der Waals surface area contributed by atoms with E-state index in [1.54, 1.807) is 22.7 Å². The summed E-state index contributed by atoms with van der Waals surface area (Å²) < 4.78 is 9.37. The van der Waals surface area contributed by atoms with Crippen LogP contribution in [0.4, 0.5) is 5.69 Å². The van der Waals surface area contributed by atoms with Gasteiger partial charge in [-0.2, -0.15) is 5.26 Å². The van der Waals surface area contributed by atoms with E-state index < -0.39 is 0 Å². The predicted molar refractivity (Wildman–Crippen MR) is 265 cm³/mol. The first-order valence-corrected chi connectivity index (χ1v) is 22.4. The number of benzene rings is 8. The first kappa shape index (κ1) is 35.7. The van der Waals surface area contributed by atoms with Crippen molar-refractivity contribution < 1.29 is 0 Å². The third-order valence-corrected chi connectivity index (χ3v) is 15.2. The van der Waals surface area contributed by atoms with E-state index >= 15 is 0 Å². The summed E-state index contributed by atoms with van der Waals surface area (Å²) in [7, 11) is 0. The molecule has 8 aromatic carbocycles. The van der Waals surface area contributed by atoms with Gasteiger partial charge in [0.15, 0.2) is 0 Å². The minimum atomic E-state index is 0.428. The van der Waals surface area contributed by atoms with Crippen molar-refractivity contribution >= 4 is 112 Å². The van der Waals surface area contributed by atoms with Crippen LogP contribution in [0.25, 0.3) is 123 Å². The highest BCUT2D eigenvalue weighted by molar-refractivity contribution is 7.27. The smallest absolute Gasteiger partial charge is 0.220 e. The number of para-hydroxylation sites is 1. The van der Waals surface area contributed by atoms with Gasteiger partial charge in [0.05, 0.1) is 60.5 Å². The summed E-state index contributed by atoms with van der Waals surface area (Å²) in [6, 6.07) is 60.0. The number of rotatable bonds is 4. The van der Waals surface area contributed by atoms with Crippen LogP contribution < -0.4 is 0 Å². The molecule has 5 heterocycles. The molecule has 5 nitrogen and oxygen atoms in total. The third kappa shape index (κ3) is 4.86. The van der Waals surface area contributed by atoms with E-state index in [1.807, 2.05) is 42.6 Å². The lowest BCUT2D eigenvalue weighted by molar-refractivity contribution is 1.14. The van der Waals surface area contributed by atoms with E-state index in [4.69, 9.17) is 4.98 Å². The highest BCUT2D eigenvalue weighted by atomic mass is 32.1. The first-order valence-electron chi connectivity index (χ1n) is 20.8. The van der Waals surface area contributed by atoms with Crippen LogP contribution in [-0.4, -0.2) is 14.1 Å². The lowest BCUT2D eigenvalue weighted by Crippen LogP contribution is -2.09. The van der Waals surface area contributed by atoms with E-state index in [0.29, 0.717) is 22.5 Å². The van der Waals surface area contributed by atoms with Crippen molar-refractivity contribution in [1.82, 2.24) is 14.1 Å². The summed E-state index contributed by atoms with van der Waals surface area (Å²) in [4.78, 5) is 9.56. The van der Waals surface area contributed by atoms with Crippen LogP contribution in [0.1, 0.15) is 11.1 Å². The Morgan fingerprint density at radius 1 is 0.540 bits per heavy atom. The fraction of sp³-hybridized carbons (Fsp3) is 0.0179. The van der Waals surface area contributed by atoms with Gasteiger partial charge in [0.2, 0.25) is 5.69 Å². The maximum absolute atomic E-state index is 11.8. The molecule has 63 heavy (non-hydrogen) atoms. The Balaban J connectivity index is 1.38. The fourth-order valence-corrected chi connectivity index (χ4v) is 12.6. The third-order valence-electron chi connectivity index (χ3n) is 12.8. The Morgan fingerprint density at radius 3 is 1.76 bits per heavy atom. The molecule has 7 heteroatoms. The zero-order chi connectivity index (χ0) is 41.9. The number of aryl methyl sites for hydroxylation is 1. The molecule has 0 N–H and O–H groups in total. The van der Waals surface area contributed by atoms with Crippen molar-refractivity contribution in [2.24, 2.45) is 0 Å². The molecule has 0 saturated heterocycles. The van der Waals surface area contributed by atoms with Crippen LogP contribution in [0, 0.1) is 24.8 Å². The lowest BCUT2D eigenvalue weighted by Gasteiger charge is -2.26. The minimum Gasteiger partial charge on any atom is -0.316 e. The van der Waals surface area contributed by atoms with Crippen molar-refractivity contribution in [3.63, 3.8) is 0 Å². The second-order valence-corrected chi connectivity index (χ2v) is 18.1. The van der Waals surface area contributed by atoms with Gasteiger partial charge in [0, 0.05) is 64.4 Å². The highest BCUT2D eigenvalue weighted by Crippen LogP contribution is 2.55. The summed E-state index contributed by atoms with van der Waals surface area (Å²) in [5.41, 5.74) is 11.2. The number of pyridine rings is 1. The Hall–Kier alpha value is -8.07. The van der Waals surface area contributed by atoms with Crippen LogP contribution in [0.3, 0.4) is 0 Å². The Bertz CT molecular complexity index is 4010. The number of thiophene rings is 2. The van der Waals surface area contributed by atoms with Gasteiger partial charge in [-0.3, -0.25) is 4.98 Å². The quantitative estimate of drug-likeness (QED) is 0.166. The number of hydrogen-bond donors (Lipinski definition) is 0. The maximum atomic E-state index is 11.8. The van der Waals surface area contributed by atoms with Gasteiger partial charge in [-0.15, -0.1) is 22.7 Å². The molecule has 0 amide bonds. The standard InChI is InChI=1S/C56H31N5S2/c1-32-15-6-7-18-34(32)48-42(31-57)51(60-43-22-11-8-21-41(43)49-44(60)23-14-30-59-49)47(33-16-4-3-5-17-33)54(50(48)58-2)61-52-37(26-28-39-35-19-9-12-24-45(35)62-55(39)52)38-27-29-40-36-20-10-13-25-46(36)63-56(40)53(38)61/h3-30H,1H3. The van der Waals surface area contributed by atoms with E-state index in [9.17, 15) is 11.8 Å². The first-order chi connectivity index (χ1) is 31.1. The zero-order valence-electron chi connectivity index (χ0n) is 33.7. The van der Waals surface area contributed by atoms with Crippen molar-refractivity contribution in [3.8, 4) is 39.7 Å². The van der Waals surface area contributed by atoms with E-state index in [2.05, 4.69) is 154 Å². The normalized spacial score (nSPS) is 11.9. The van der Waals surface area contributed by atoms with Crippen LogP contribution in [0.5, 0.6) is 0 Å². The molecule has 0 spiro atoms. The fourth-order valence-electron chi connectivity index (χ4n) is 10.2. The molecule has 292 valence electrons. The van der Waals surface area contributed by atoms with Crippen molar-refractivity contribution in [3.05, 3.63) is 193 Å². The second kappa shape index (κ2) is 13.5. The largest absolute Gasteiger partial charge is 0.316 e. The van der Waals surface area contributed by atoms with Gasteiger partial charge in [-0.25, -0.2) is 4.85 Å². The number of aromatic nitrogens is 3. The van der Waals surface area contributed by atoms with Crippen LogP contribution in [0.2, 0.25) is 0 Å². The summed E-state index contributed by atoms with van der Waals surface area (Å²) in [6.45, 7) is 11.5. The average molecular weight is 838 g/mol. The monoisotopic (exact) mass is 837 g/mol. The number of fused-ring (bicyclic) bond motifs is 14. The predicted octanol–water partition coefficient (Wildman–Crippen LogP) is 16.1. The number of nitriles is 1. The number of hydrogen-bond acceptors (Lipinski definition) is 4. The molecule has 0 atom stereocenters. The summed E-state index contributed by atoms with van der Waals surface area (Å²) in [6.07, 6.45) is 1.83. The summed E-state index contributed by atoms with van der Waals surface area (Å²) in [5, 5.41) is 19.8.